The van der Waals surface area contributed by atoms with Crippen LogP contribution in [0.15, 0.2) is 18.2 Å². The zero-order valence-corrected chi connectivity index (χ0v) is 10.4. The van der Waals surface area contributed by atoms with E-state index in [0.29, 0.717) is 18.7 Å². The molecule has 0 aliphatic heterocycles. The number of nitro benzene ring substituents is 1. The molecule has 0 saturated heterocycles. The van der Waals surface area contributed by atoms with E-state index in [1.807, 2.05) is 0 Å². The number of aliphatic carboxylic acids is 1. The van der Waals surface area contributed by atoms with Gasteiger partial charge < -0.3 is 10.4 Å². The lowest BCUT2D eigenvalue weighted by atomic mass is 10.1. The molecule has 0 atom stereocenters. The maximum absolute atomic E-state index is 11.4. The van der Waals surface area contributed by atoms with Crippen molar-refractivity contribution in [3.8, 4) is 0 Å². The van der Waals surface area contributed by atoms with Gasteiger partial charge in [0.25, 0.3) is 5.69 Å². The van der Waals surface area contributed by atoms with Crippen molar-refractivity contribution in [1.82, 2.24) is 0 Å². The maximum Gasteiger partial charge on any atom is 0.303 e. The third-order valence-corrected chi connectivity index (χ3v) is 2.48. The van der Waals surface area contributed by atoms with Gasteiger partial charge in [-0.05, 0) is 19.4 Å². The molecule has 102 valence electrons. The smallest absolute Gasteiger partial charge is 0.303 e. The summed E-state index contributed by atoms with van der Waals surface area (Å²) < 4.78 is 0. The standard InChI is InChI=1S/C12H14N2O5/c1-8(15)10-7-9(14(18)19)4-5-11(10)13-6-2-3-12(16)17/h4-5,7,13H,2-3,6H2,1H3,(H,16,17). The van der Waals surface area contributed by atoms with Gasteiger partial charge in [0.15, 0.2) is 5.78 Å². The Hall–Kier alpha value is -2.44. The number of hydrogen-bond donors (Lipinski definition) is 2. The minimum absolute atomic E-state index is 0.0232. The van der Waals surface area contributed by atoms with E-state index in [-0.39, 0.29) is 23.5 Å². The molecule has 7 heteroatoms. The summed E-state index contributed by atoms with van der Waals surface area (Å²) in [7, 11) is 0. The molecule has 0 amide bonds. The molecule has 1 aromatic rings. The van der Waals surface area contributed by atoms with E-state index in [4.69, 9.17) is 5.11 Å². The summed E-state index contributed by atoms with van der Waals surface area (Å²) in [6, 6.07) is 3.96. The summed E-state index contributed by atoms with van der Waals surface area (Å²) in [5.41, 5.74) is 0.550. The molecule has 0 aliphatic rings. The van der Waals surface area contributed by atoms with Gasteiger partial charge >= 0.3 is 5.97 Å². The molecule has 0 radical (unpaired) electrons. The highest BCUT2D eigenvalue weighted by atomic mass is 16.6. The van der Waals surface area contributed by atoms with E-state index >= 15 is 0 Å². The Morgan fingerprint density at radius 3 is 2.63 bits per heavy atom. The monoisotopic (exact) mass is 266 g/mol. The number of hydrogen-bond acceptors (Lipinski definition) is 5. The zero-order chi connectivity index (χ0) is 14.4. The normalized spacial score (nSPS) is 9.95. The Morgan fingerprint density at radius 1 is 1.42 bits per heavy atom. The number of benzene rings is 1. The first-order valence-corrected chi connectivity index (χ1v) is 5.67. The molecule has 1 rings (SSSR count). The number of nitrogens with zero attached hydrogens (tertiary/aromatic N) is 1. The maximum atomic E-state index is 11.4. The predicted octanol–water partition coefficient (Wildman–Crippen LogP) is 2.07. The third kappa shape index (κ3) is 4.38. The van der Waals surface area contributed by atoms with Gasteiger partial charge in [0.2, 0.25) is 0 Å². The molecule has 7 nitrogen and oxygen atoms in total. The molecule has 1 aromatic carbocycles. The third-order valence-electron chi connectivity index (χ3n) is 2.48. The Kier molecular flexibility index (Phi) is 4.99. The number of ketones is 1. The molecular formula is C12H14N2O5. The van der Waals surface area contributed by atoms with E-state index in [2.05, 4.69) is 5.32 Å². The van der Waals surface area contributed by atoms with Crippen LogP contribution in [0.3, 0.4) is 0 Å². The Balaban J connectivity index is 2.79. The molecule has 0 fully saturated rings. The minimum Gasteiger partial charge on any atom is -0.481 e. The van der Waals surface area contributed by atoms with Gasteiger partial charge in [-0.3, -0.25) is 19.7 Å². The molecule has 19 heavy (non-hydrogen) atoms. The minimum atomic E-state index is -0.891. The Morgan fingerprint density at radius 2 is 2.11 bits per heavy atom. The molecule has 0 spiro atoms. The lowest BCUT2D eigenvalue weighted by molar-refractivity contribution is -0.384. The SMILES string of the molecule is CC(=O)c1cc([N+](=O)[O-])ccc1NCCCC(=O)O. The van der Waals surface area contributed by atoms with Crippen molar-refractivity contribution in [3.05, 3.63) is 33.9 Å². The number of anilines is 1. The van der Waals surface area contributed by atoms with Crippen molar-refractivity contribution in [2.24, 2.45) is 0 Å². The Labute approximate surface area is 109 Å². The first-order valence-electron chi connectivity index (χ1n) is 5.67. The van der Waals surface area contributed by atoms with Crippen LogP contribution >= 0.6 is 0 Å². The molecule has 0 bridgehead atoms. The number of carbonyl (C=O) groups excluding carboxylic acids is 1. The number of Topliss-reactive ketones (excluding diaryl/α,β-unsaturated/α-hetero) is 1. The van der Waals surface area contributed by atoms with Crippen LogP contribution in [-0.4, -0.2) is 28.3 Å². The summed E-state index contributed by atoms with van der Waals surface area (Å²) in [5, 5.41) is 22.0. The van der Waals surface area contributed by atoms with Crippen molar-refractivity contribution in [3.63, 3.8) is 0 Å². The summed E-state index contributed by atoms with van der Waals surface area (Å²) >= 11 is 0. The molecule has 0 aliphatic carbocycles. The average molecular weight is 266 g/mol. The first kappa shape index (κ1) is 14.6. The molecule has 0 unspecified atom stereocenters. The van der Waals surface area contributed by atoms with Gasteiger partial charge in [0.1, 0.15) is 0 Å². The largest absolute Gasteiger partial charge is 0.481 e. The molecule has 0 saturated carbocycles. The van der Waals surface area contributed by atoms with Crippen LogP contribution in [0, 0.1) is 10.1 Å². The number of carboxylic acids is 1. The quantitative estimate of drug-likeness (QED) is 0.338. The zero-order valence-electron chi connectivity index (χ0n) is 10.4. The van der Waals surface area contributed by atoms with Crippen LogP contribution in [-0.2, 0) is 4.79 Å². The highest BCUT2D eigenvalue weighted by Gasteiger charge is 2.13. The fourth-order valence-corrected chi connectivity index (χ4v) is 1.55. The van der Waals surface area contributed by atoms with Gasteiger partial charge in [-0.2, -0.15) is 0 Å². The lowest BCUT2D eigenvalue weighted by Gasteiger charge is -2.09. The second-order valence-electron chi connectivity index (χ2n) is 3.97. The van der Waals surface area contributed by atoms with Crippen LogP contribution in [0.4, 0.5) is 11.4 Å². The Bertz CT molecular complexity index is 513. The molecular weight excluding hydrogens is 252 g/mol. The number of carboxylic acid groups (broad SMARTS) is 1. The van der Waals surface area contributed by atoms with Gasteiger partial charge in [0.05, 0.1) is 4.92 Å². The van der Waals surface area contributed by atoms with Crippen molar-refractivity contribution >= 4 is 23.1 Å². The van der Waals surface area contributed by atoms with Crippen molar-refractivity contribution in [2.75, 3.05) is 11.9 Å². The number of nitro groups is 1. The van der Waals surface area contributed by atoms with E-state index in [1.165, 1.54) is 25.1 Å². The summed E-state index contributed by atoms with van der Waals surface area (Å²) in [6.45, 7) is 1.70. The second kappa shape index (κ2) is 6.48. The van der Waals surface area contributed by atoms with Crippen molar-refractivity contribution < 1.29 is 19.6 Å². The van der Waals surface area contributed by atoms with Gasteiger partial charge in [-0.1, -0.05) is 0 Å². The van der Waals surface area contributed by atoms with Gasteiger partial charge in [-0.25, -0.2) is 0 Å². The summed E-state index contributed by atoms with van der Waals surface area (Å²) in [5.74, 6) is -1.18. The van der Waals surface area contributed by atoms with Crippen LogP contribution in [0.5, 0.6) is 0 Å². The van der Waals surface area contributed by atoms with Gasteiger partial charge in [-0.15, -0.1) is 0 Å². The fourth-order valence-electron chi connectivity index (χ4n) is 1.55. The van der Waals surface area contributed by atoms with Crippen LogP contribution in [0.2, 0.25) is 0 Å². The van der Waals surface area contributed by atoms with Crippen molar-refractivity contribution in [1.29, 1.82) is 0 Å². The van der Waals surface area contributed by atoms with Crippen LogP contribution in [0.1, 0.15) is 30.1 Å². The number of carbonyl (C=O) groups is 2. The van der Waals surface area contributed by atoms with Crippen LogP contribution < -0.4 is 5.32 Å². The predicted molar refractivity (Wildman–Crippen MR) is 68.5 cm³/mol. The molecule has 2 N–H and O–H groups in total. The summed E-state index contributed by atoms with van der Waals surface area (Å²) in [4.78, 5) is 31.8. The lowest BCUT2D eigenvalue weighted by Crippen LogP contribution is -2.08. The molecule has 0 aromatic heterocycles. The van der Waals surface area contributed by atoms with Crippen molar-refractivity contribution in [2.45, 2.75) is 19.8 Å². The topological polar surface area (TPSA) is 110 Å². The van der Waals surface area contributed by atoms with E-state index in [9.17, 15) is 19.7 Å². The number of nitrogens with one attached hydrogen (secondary N) is 1. The van der Waals surface area contributed by atoms with E-state index < -0.39 is 10.9 Å². The fraction of sp³-hybridized carbons (Fsp3) is 0.333. The highest BCUT2D eigenvalue weighted by molar-refractivity contribution is 6.00. The van der Waals surface area contributed by atoms with E-state index in [0.717, 1.165) is 0 Å². The summed E-state index contributed by atoms with van der Waals surface area (Å²) in [6.07, 6.45) is 0.430. The van der Waals surface area contributed by atoms with Gasteiger partial charge in [0, 0.05) is 36.3 Å². The highest BCUT2D eigenvalue weighted by Crippen LogP contribution is 2.22. The number of non-ortho nitro benzene ring substituents is 1. The second-order valence-corrected chi connectivity index (χ2v) is 3.97. The average Bonchev–Trinajstić information content (AvgIpc) is 2.34. The number of rotatable bonds is 7. The van der Waals surface area contributed by atoms with Crippen LogP contribution in [0.25, 0.3) is 0 Å². The van der Waals surface area contributed by atoms with E-state index in [1.54, 1.807) is 0 Å². The molecule has 0 heterocycles. The first-order chi connectivity index (χ1) is 8.91.